The highest BCUT2D eigenvalue weighted by molar-refractivity contribution is 7.07. The third-order valence-corrected chi connectivity index (χ3v) is 4.57. The number of hydrogen-bond donors (Lipinski definition) is 1. The Kier molecular flexibility index (Phi) is 2.77. The van der Waals surface area contributed by atoms with E-state index in [0.717, 1.165) is 25.7 Å². The molecule has 0 saturated carbocycles. The molecule has 1 aromatic carbocycles. The fraction of sp³-hybridized carbons (Fsp3) is 0.333. The zero-order valence-electron chi connectivity index (χ0n) is 9.86. The van der Waals surface area contributed by atoms with E-state index < -0.39 is 0 Å². The van der Waals surface area contributed by atoms with Crippen LogP contribution in [0.2, 0.25) is 0 Å². The smallest absolute Gasteiger partial charge is 0.0418 e. The van der Waals surface area contributed by atoms with E-state index in [1.807, 2.05) is 0 Å². The van der Waals surface area contributed by atoms with E-state index in [1.54, 1.807) is 11.3 Å². The summed E-state index contributed by atoms with van der Waals surface area (Å²) in [6.07, 6.45) is 4.38. The first-order valence-electron chi connectivity index (χ1n) is 6.16. The van der Waals surface area contributed by atoms with E-state index in [0.29, 0.717) is 0 Å². The predicted molar refractivity (Wildman–Crippen MR) is 73.3 cm³/mol. The number of benzene rings is 1. The molecule has 1 aliphatic rings. The number of aryl methyl sites for hydroxylation is 2. The maximum atomic E-state index is 6.59. The van der Waals surface area contributed by atoms with E-state index in [-0.39, 0.29) is 5.54 Å². The van der Waals surface area contributed by atoms with Crippen molar-refractivity contribution in [3.63, 3.8) is 0 Å². The molecule has 1 unspecified atom stereocenters. The quantitative estimate of drug-likeness (QED) is 0.877. The predicted octanol–water partition coefficient (Wildman–Crippen LogP) is 3.48. The number of rotatable bonds is 3. The van der Waals surface area contributed by atoms with Crippen molar-refractivity contribution < 1.29 is 0 Å². The van der Waals surface area contributed by atoms with Crippen molar-refractivity contribution >= 4 is 11.3 Å². The van der Waals surface area contributed by atoms with Crippen LogP contribution in [0.25, 0.3) is 0 Å². The molecule has 1 heterocycles. The Balaban J connectivity index is 1.79. The maximum absolute atomic E-state index is 6.59. The molecule has 17 heavy (non-hydrogen) atoms. The largest absolute Gasteiger partial charge is 0.321 e. The summed E-state index contributed by atoms with van der Waals surface area (Å²) in [6, 6.07) is 10.8. The second-order valence-electron chi connectivity index (χ2n) is 4.94. The van der Waals surface area contributed by atoms with Gasteiger partial charge in [0.1, 0.15) is 0 Å². The second-order valence-corrected chi connectivity index (χ2v) is 5.72. The summed E-state index contributed by atoms with van der Waals surface area (Å²) in [5.41, 5.74) is 10.7. The van der Waals surface area contributed by atoms with Crippen molar-refractivity contribution in [3.8, 4) is 0 Å². The van der Waals surface area contributed by atoms with Gasteiger partial charge in [0.05, 0.1) is 0 Å². The molecule has 2 aromatic rings. The van der Waals surface area contributed by atoms with Gasteiger partial charge in [-0.1, -0.05) is 24.3 Å². The van der Waals surface area contributed by atoms with Crippen LogP contribution < -0.4 is 5.73 Å². The molecule has 3 rings (SSSR count). The average Bonchev–Trinajstić information content (AvgIpc) is 2.97. The normalized spacial score (nSPS) is 22.6. The van der Waals surface area contributed by atoms with Gasteiger partial charge in [-0.3, -0.25) is 0 Å². The third kappa shape index (κ3) is 2.03. The van der Waals surface area contributed by atoms with Crippen molar-refractivity contribution in [2.75, 3.05) is 0 Å². The highest BCUT2D eigenvalue weighted by Gasteiger charge is 2.33. The van der Waals surface area contributed by atoms with Crippen LogP contribution in [0.1, 0.15) is 29.5 Å². The molecule has 1 nitrogen and oxygen atoms in total. The molecule has 0 aliphatic heterocycles. The van der Waals surface area contributed by atoms with Crippen molar-refractivity contribution in [2.45, 2.75) is 31.2 Å². The molecule has 1 aliphatic carbocycles. The first kappa shape index (κ1) is 11.0. The lowest BCUT2D eigenvalue weighted by molar-refractivity contribution is 0.407. The van der Waals surface area contributed by atoms with Gasteiger partial charge < -0.3 is 5.73 Å². The lowest BCUT2D eigenvalue weighted by Gasteiger charge is -2.25. The fourth-order valence-corrected chi connectivity index (χ4v) is 3.48. The van der Waals surface area contributed by atoms with Crippen LogP contribution in [0.5, 0.6) is 0 Å². The Morgan fingerprint density at radius 3 is 2.94 bits per heavy atom. The van der Waals surface area contributed by atoms with Gasteiger partial charge in [0.15, 0.2) is 0 Å². The molecule has 0 radical (unpaired) electrons. The van der Waals surface area contributed by atoms with Crippen LogP contribution >= 0.6 is 11.3 Å². The zero-order valence-corrected chi connectivity index (χ0v) is 10.7. The average molecular weight is 243 g/mol. The fourth-order valence-electron chi connectivity index (χ4n) is 2.78. The number of thiophene rings is 1. The lowest BCUT2D eigenvalue weighted by atomic mass is 9.87. The van der Waals surface area contributed by atoms with Crippen LogP contribution in [-0.4, -0.2) is 0 Å². The summed E-state index contributed by atoms with van der Waals surface area (Å²) >= 11 is 1.77. The van der Waals surface area contributed by atoms with Gasteiger partial charge in [-0.25, -0.2) is 0 Å². The summed E-state index contributed by atoms with van der Waals surface area (Å²) in [4.78, 5) is 0. The van der Waals surface area contributed by atoms with Crippen LogP contribution in [0, 0.1) is 0 Å². The van der Waals surface area contributed by atoms with Gasteiger partial charge in [0.2, 0.25) is 0 Å². The topological polar surface area (TPSA) is 26.0 Å². The van der Waals surface area contributed by atoms with Gasteiger partial charge in [-0.15, -0.1) is 0 Å². The molecule has 88 valence electrons. The van der Waals surface area contributed by atoms with Crippen LogP contribution in [-0.2, 0) is 18.4 Å². The van der Waals surface area contributed by atoms with Crippen LogP contribution in [0.4, 0.5) is 0 Å². The van der Waals surface area contributed by atoms with Crippen molar-refractivity contribution in [1.82, 2.24) is 0 Å². The van der Waals surface area contributed by atoms with E-state index in [4.69, 9.17) is 5.73 Å². The Bertz CT molecular complexity index is 503. The van der Waals surface area contributed by atoms with E-state index in [9.17, 15) is 0 Å². The molecular formula is C15H17NS. The minimum absolute atomic E-state index is 0.0987. The highest BCUT2D eigenvalue weighted by Crippen LogP contribution is 2.37. The van der Waals surface area contributed by atoms with Crippen LogP contribution in [0.3, 0.4) is 0 Å². The SMILES string of the molecule is NC1(CCc2ccsc2)CCc2ccccc21. The molecule has 0 bridgehead atoms. The molecular weight excluding hydrogens is 226 g/mol. The minimum atomic E-state index is -0.0987. The third-order valence-electron chi connectivity index (χ3n) is 3.83. The molecule has 0 saturated heterocycles. The summed E-state index contributed by atoms with van der Waals surface area (Å²) in [5, 5.41) is 4.37. The zero-order chi connectivity index (χ0) is 11.7. The molecule has 0 fully saturated rings. The van der Waals surface area contributed by atoms with E-state index in [1.165, 1.54) is 16.7 Å². The molecule has 0 spiro atoms. The summed E-state index contributed by atoms with van der Waals surface area (Å²) in [5.74, 6) is 0. The molecule has 2 heteroatoms. The lowest BCUT2D eigenvalue weighted by Crippen LogP contribution is -2.34. The first-order chi connectivity index (χ1) is 8.28. The van der Waals surface area contributed by atoms with Gasteiger partial charge in [-0.2, -0.15) is 11.3 Å². The second kappa shape index (κ2) is 4.28. The molecule has 2 N–H and O–H groups in total. The summed E-state index contributed by atoms with van der Waals surface area (Å²) < 4.78 is 0. The molecule has 1 atom stereocenters. The highest BCUT2D eigenvalue weighted by atomic mass is 32.1. The molecule has 0 amide bonds. The standard InChI is InChI=1S/C15H17NS/c16-15(8-5-12-7-10-17-11-12)9-6-13-3-1-2-4-14(13)15/h1-4,7,10-11H,5-6,8-9,16H2. The van der Waals surface area contributed by atoms with Gasteiger partial charge in [-0.05, 0) is 59.2 Å². The minimum Gasteiger partial charge on any atom is -0.321 e. The Morgan fingerprint density at radius 1 is 1.24 bits per heavy atom. The Hall–Kier alpha value is -1.12. The van der Waals surface area contributed by atoms with Crippen molar-refractivity contribution in [3.05, 3.63) is 57.8 Å². The molecule has 1 aromatic heterocycles. The first-order valence-corrected chi connectivity index (χ1v) is 7.11. The monoisotopic (exact) mass is 243 g/mol. The number of nitrogens with two attached hydrogens (primary N) is 1. The van der Waals surface area contributed by atoms with Crippen molar-refractivity contribution in [1.29, 1.82) is 0 Å². The van der Waals surface area contributed by atoms with Crippen molar-refractivity contribution in [2.24, 2.45) is 5.73 Å². The van der Waals surface area contributed by atoms with Gasteiger partial charge >= 0.3 is 0 Å². The summed E-state index contributed by atoms with van der Waals surface area (Å²) in [7, 11) is 0. The maximum Gasteiger partial charge on any atom is 0.0418 e. The van der Waals surface area contributed by atoms with Gasteiger partial charge in [0, 0.05) is 5.54 Å². The van der Waals surface area contributed by atoms with Gasteiger partial charge in [0.25, 0.3) is 0 Å². The van der Waals surface area contributed by atoms with Crippen LogP contribution in [0.15, 0.2) is 41.1 Å². The summed E-state index contributed by atoms with van der Waals surface area (Å²) in [6.45, 7) is 0. The Morgan fingerprint density at radius 2 is 2.12 bits per heavy atom. The number of hydrogen-bond acceptors (Lipinski definition) is 2. The van der Waals surface area contributed by atoms with E-state index in [2.05, 4.69) is 41.1 Å². The Labute approximate surface area is 106 Å². The number of fused-ring (bicyclic) bond motifs is 1. The van der Waals surface area contributed by atoms with E-state index >= 15 is 0 Å².